The highest BCUT2D eigenvalue weighted by Gasteiger charge is 2.02. The molecule has 0 radical (unpaired) electrons. The number of rotatable bonds is 1. The normalized spacial score (nSPS) is 11.8. The predicted molar refractivity (Wildman–Crippen MR) is 55.6 cm³/mol. The van der Waals surface area contributed by atoms with E-state index in [9.17, 15) is 0 Å². The fourth-order valence-electron chi connectivity index (χ4n) is 0.852. The lowest BCUT2D eigenvalue weighted by molar-refractivity contribution is 1.24. The SMILES string of the molecule is C/C(=N/N)c1ccc(Br)cc1Cl. The molecule has 0 aliphatic heterocycles. The Morgan fingerprint density at radius 2 is 2.25 bits per heavy atom. The number of halogens is 2. The molecule has 0 unspecified atom stereocenters. The first-order chi connectivity index (χ1) is 5.65. The molecule has 1 aromatic rings. The van der Waals surface area contributed by atoms with Crippen molar-refractivity contribution in [3.05, 3.63) is 33.3 Å². The largest absolute Gasteiger partial charge is 0.323 e. The molecule has 0 saturated heterocycles. The van der Waals surface area contributed by atoms with Gasteiger partial charge < -0.3 is 5.84 Å². The lowest BCUT2D eigenvalue weighted by Crippen LogP contribution is -1.99. The zero-order chi connectivity index (χ0) is 9.14. The minimum absolute atomic E-state index is 0.649. The number of nitrogens with zero attached hydrogens (tertiary/aromatic N) is 1. The van der Waals surface area contributed by atoms with Crippen molar-refractivity contribution < 1.29 is 0 Å². The number of hydrazone groups is 1. The summed E-state index contributed by atoms with van der Waals surface area (Å²) in [6.07, 6.45) is 0. The van der Waals surface area contributed by atoms with Crippen LogP contribution in [0.15, 0.2) is 27.8 Å². The first-order valence-corrected chi connectivity index (χ1v) is 4.52. The molecule has 0 spiro atoms. The van der Waals surface area contributed by atoms with E-state index in [1.165, 1.54) is 0 Å². The fourth-order valence-corrected chi connectivity index (χ4v) is 1.66. The second-order valence-corrected chi connectivity index (χ2v) is 3.66. The van der Waals surface area contributed by atoms with Crippen molar-refractivity contribution in [2.75, 3.05) is 0 Å². The van der Waals surface area contributed by atoms with Crippen molar-refractivity contribution in [2.45, 2.75) is 6.92 Å². The summed E-state index contributed by atoms with van der Waals surface area (Å²) in [5.41, 5.74) is 1.59. The second kappa shape index (κ2) is 3.92. The third-order valence-electron chi connectivity index (χ3n) is 1.51. The summed E-state index contributed by atoms with van der Waals surface area (Å²) in [6.45, 7) is 1.81. The van der Waals surface area contributed by atoms with Gasteiger partial charge in [0.1, 0.15) is 0 Å². The van der Waals surface area contributed by atoms with Gasteiger partial charge in [-0.15, -0.1) is 0 Å². The van der Waals surface area contributed by atoms with Gasteiger partial charge in [-0.3, -0.25) is 0 Å². The molecule has 0 aromatic heterocycles. The molecule has 0 bridgehead atoms. The van der Waals surface area contributed by atoms with Gasteiger partial charge in [0.05, 0.1) is 10.7 Å². The summed E-state index contributed by atoms with van der Waals surface area (Å²) in [5, 5.41) is 4.22. The monoisotopic (exact) mass is 246 g/mol. The van der Waals surface area contributed by atoms with Crippen LogP contribution in [0.4, 0.5) is 0 Å². The Hall–Kier alpha value is -0.540. The molecular weight excluding hydrogens is 239 g/mol. The van der Waals surface area contributed by atoms with E-state index in [1.807, 2.05) is 25.1 Å². The van der Waals surface area contributed by atoms with Crippen LogP contribution in [0.25, 0.3) is 0 Å². The van der Waals surface area contributed by atoms with Gasteiger partial charge in [0, 0.05) is 10.0 Å². The summed E-state index contributed by atoms with van der Waals surface area (Å²) in [5.74, 6) is 5.13. The van der Waals surface area contributed by atoms with Gasteiger partial charge in [0.2, 0.25) is 0 Å². The lowest BCUT2D eigenvalue weighted by atomic mass is 10.1. The van der Waals surface area contributed by atoms with E-state index >= 15 is 0 Å². The number of nitrogens with two attached hydrogens (primary N) is 1. The quantitative estimate of drug-likeness (QED) is 0.462. The molecule has 1 aromatic carbocycles. The maximum atomic E-state index is 5.94. The Labute approximate surface area is 84.5 Å². The van der Waals surface area contributed by atoms with Crippen LogP contribution in [-0.4, -0.2) is 5.71 Å². The van der Waals surface area contributed by atoms with E-state index < -0.39 is 0 Å². The number of hydrogen-bond acceptors (Lipinski definition) is 2. The molecule has 0 heterocycles. The summed E-state index contributed by atoms with van der Waals surface area (Å²) >= 11 is 9.25. The van der Waals surface area contributed by atoms with Crippen LogP contribution in [0.2, 0.25) is 5.02 Å². The molecule has 0 aliphatic rings. The highest BCUT2D eigenvalue weighted by Crippen LogP contribution is 2.21. The van der Waals surface area contributed by atoms with Crippen LogP contribution in [0.5, 0.6) is 0 Å². The molecule has 0 atom stereocenters. The Morgan fingerprint density at radius 1 is 1.58 bits per heavy atom. The molecule has 0 saturated carbocycles. The highest BCUT2D eigenvalue weighted by atomic mass is 79.9. The Morgan fingerprint density at radius 3 is 2.75 bits per heavy atom. The Kier molecular flexibility index (Phi) is 3.12. The molecule has 0 amide bonds. The maximum Gasteiger partial charge on any atom is 0.0656 e. The smallest absolute Gasteiger partial charge is 0.0656 e. The second-order valence-electron chi connectivity index (χ2n) is 2.34. The molecule has 64 valence electrons. The summed E-state index contributed by atoms with van der Waals surface area (Å²) in [7, 11) is 0. The molecular formula is C8H8BrClN2. The Balaban J connectivity index is 3.18. The minimum atomic E-state index is 0.649. The topological polar surface area (TPSA) is 38.4 Å². The van der Waals surface area contributed by atoms with E-state index in [4.69, 9.17) is 17.4 Å². The standard InChI is InChI=1S/C8H8BrClN2/c1-5(12-11)7-3-2-6(9)4-8(7)10/h2-4H,11H2,1H3/b12-5-. The molecule has 4 heteroatoms. The van der Waals surface area contributed by atoms with E-state index in [-0.39, 0.29) is 0 Å². The van der Waals surface area contributed by atoms with Gasteiger partial charge in [0.25, 0.3) is 0 Å². The lowest BCUT2D eigenvalue weighted by Gasteiger charge is -2.02. The molecule has 0 aliphatic carbocycles. The number of benzene rings is 1. The van der Waals surface area contributed by atoms with E-state index in [2.05, 4.69) is 21.0 Å². The van der Waals surface area contributed by atoms with Gasteiger partial charge in [-0.05, 0) is 19.1 Å². The highest BCUT2D eigenvalue weighted by molar-refractivity contribution is 9.10. The van der Waals surface area contributed by atoms with Crippen LogP contribution in [0, 0.1) is 0 Å². The van der Waals surface area contributed by atoms with Crippen LogP contribution in [-0.2, 0) is 0 Å². The molecule has 2 nitrogen and oxygen atoms in total. The molecule has 0 fully saturated rings. The van der Waals surface area contributed by atoms with Crippen molar-refractivity contribution in [3.8, 4) is 0 Å². The summed E-state index contributed by atoms with van der Waals surface area (Å²) < 4.78 is 0.945. The van der Waals surface area contributed by atoms with Crippen molar-refractivity contribution in [1.29, 1.82) is 0 Å². The van der Waals surface area contributed by atoms with Gasteiger partial charge in [-0.1, -0.05) is 33.6 Å². The molecule has 2 N–H and O–H groups in total. The summed E-state index contributed by atoms with van der Waals surface area (Å²) in [4.78, 5) is 0. The summed E-state index contributed by atoms with van der Waals surface area (Å²) in [6, 6.07) is 5.58. The van der Waals surface area contributed by atoms with Crippen LogP contribution >= 0.6 is 27.5 Å². The van der Waals surface area contributed by atoms with E-state index in [1.54, 1.807) is 0 Å². The van der Waals surface area contributed by atoms with Gasteiger partial charge >= 0.3 is 0 Å². The number of hydrogen-bond donors (Lipinski definition) is 1. The van der Waals surface area contributed by atoms with Gasteiger partial charge in [0.15, 0.2) is 0 Å². The fraction of sp³-hybridized carbons (Fsp3) is 0.125. The van der Waals surface area contributed by atoms with Gasteiger partial charge in [-0.2, -0.15) is 5.10 Å². The first-order valence-electron chi connectivity index (χ1n) is 3.35. The third kappa shape index (κ3) is 1.99. The average Bonchev–Trinajstić information content (AvgIpc) is 2.03. The van der Waals surface area contributed by atoms with Gasteiger partial charge in [-0.25, -0.2) is 0 Å². The maximum absolute atomic E-state index is 5.94. The first kappa shape index (κ1) is 9.55. The zero-order valence-electron chi connectivity index (χ0n) is 6.51. The van der Waals surface area contributed by atoms with Crippen LogP contribution in [0.1, 0.15) is 12.5 Å². The predicted octanol–water partition coefficient (Wildman–Crippen LogP) is 2.79. The van der Waals surface area contributed by atoms with Crippen molar-refractivity contribution in [3.63, 3.8) is 0 Å². The van der Waals surface area contributed by atoms with Crippen molar-refractivity contribution >= 4 is 33.2 Å². The zero-order valence-corrected chi connectivity index (χ0v) is 8.85. The molecule has 12 heavy (non-hydrogen) atoms. The minimum Gasteiger partial charge on any atom is -0.323 e. The van der Waals surface area contributed by atoms with E-state index in [0.717, 1.165) is 15.7 Å². The van der Waals surface area contributed by atoms with Crippen molar-refractivity contribution in [1.82, 2.24) is 0 Å². The van der Waals surface area contributed by atoms with Crippen LogP contribution < -0.4 is 5.84 Å². The molecule has 1 rings (SSSR count). The van der Waals surface area contributed by atoms with E-state index in [0.29, 0.717) is 5.02 Å². The van der Waals surface area contributed by atoms with Crippen molar-refractivity contribution in [2.24, 2.45) is 10.9 Å². The average molecular weight is 248 g/mol. The third-order valence-corrected chi connectivity index (χ3v) is 2.32. The Bertz CT molecular complexity index is 323. The van der Waals surface area contributed by atoms with Crippen LogP contribution in [0.3, 0.4) is 0 Å².